The first-order valence-corrected chi connectivity index (χ1v) is 5.35. The zero-order valence-electron chi connectivity index (χ0n) is 9.28. The molecule has 1 aromatic carbocycles. The predicted octanol–water partition coefficient (Wildman–Crippen LogP) is 2.95. The van der Waals surface area contributed by atoms with E-state index in [4.69, 9.17) is 0 Å². The third kappa shape index (κ3) is 3.27. The van der Waals surface area contributed by atoms with E-state index in [1.165, 1.54) is 18.2 Å². The minimum atomic E-state index is -0.170. The maximum absolute atomic E-state index is 11.1. The van der Waals surface area contributed by atoms with E-state index in [1.807, 2.05) is 32.0 Å². The van der Waals surface area contributed by atoms with Crippen molar-refractivity contribution in [3.63, 3.8) is 0 Å². The van der Waals surface area contributed by atoms with Gasteiger partial charge >= 0.3 is 5.97 Å². The Kier molecular flexibility index (Phi) is 4.21. The summed E-state index contributed by atoms with van der Waals surface area (Å²) in [6.45, 7) is 4.06. The van der Waals surface area contributed by atoms with Gasteiger partial charge in [0.05, 0.1) is 13.5 Å². The lowest BCUT2D eigenvalue weighted by molar-refractivity contribution is -0.140. The third-order valence-electron chi connectivity index (χ3n) is 2.48. The average molecular weight is 224 g/mol. The van der Waals surface area contributed by atoms with Gasteiger partial charge < -0.3 is 4.74 Å². The van der Waals surface area contributed by atoms with Crippen molar-refractivity contribution in [2.24, 2.45) is 0 Å². The van der Waals surface area contributed by atoms with Crippen molar-refractivity contribution >= 4 is 18.6 Å². The number of hydrogen-bond donors (Lipinski definition) is 1. The Morgan fingerprint density at radius 3 is 2.73 bits per heavy atom. The van der Waals surface area contributed by atoms with Gasteiger partial charge in [0.25, 0.3) is 0 Å². The third-order valence-corrected chi connectivity index (χ3v) is 2.76. The van der Waals surface area contributed by atoms with E-state index >= 15 is 0 Å². The molecule has 0 aliphatic heterocycles. The Hall–Kier alpha value is -0.960. The van der Waals surface area contributed by atoms with Gasteiger partial charge in [-0.15, -0.1) is 12.6 Å². The number of hydrogen-bond acceptors (Lipinski definition) is 3. The lowest BCUT2D eigenvalue weighted by Crippen LogP contribution is -2.07. The number of carbonyl (C=O) groups excluding carboxylic acids is 1. The second kappa shape index (κ2) is 5.21. The Balaban J connectivity index is 2.82. The molecule has 82 valence electrons. The molecule has 0 spiro atoms. The van der Waals surface area contributed by atoms with Crippen molar-refractivity contribution in [1.29, 1.82) is 0 Å². The molecule has 2 nitrogen and oxygen atoms in total. The minimum Gasteiger partial charge on any atom is -0.469 e. The smallest absolute Gasteiger partial charge is 0.306 e. The van der Waals surface area contributed by atoms with Gasteiger partial charge in [0, 0.05) is 4.90 Å². The summed E-state index contributed by atoms with van der Waals surface area (Å²) >= 11 is 4.27. The highest BCUT2D eigenvalue weighted by Crippen LogP contribution is 2.24. The Morgan fingerprint density at radius 2 is 2.20 bits per heavy atom. The van der Waals surface area contributed by atoms with Crippen molar-refractivity contribution in [1.82, 2.24) is 0 Å². The first-order chi connectivity index (χ1) is 7.04. The molecule has 1 rings (SSSR count). The van der Waals surface area contributed by atoms with Crippen molar-refractivity contribution in [2.45, 2.75) is 31.1 Å². The summed E-state index contributed by atoms with van der Waals surface area (Å²) in [5, 5.41) is 0. The summed E-state index contributed by atoms with van der Waals surface area (Å²) in [5.74, 6) is 0.0169. The van der Waals surface area contributed by atoms with Crippen LogP contribution in [0.1, 0.15) is 30.4 Å². The molecule has 0 amide bonds. The molecule has 0 aromatic heterocycles. The van der Waals surface area contributed by atoms with E-state index in [0.717, 1.165) is 4.90 Å². The van der Waals surface area contributed by atoms with Crippen LogP contribution in [0.25, 0.3) is 0 Å². The van der Waals surface area contributed by atoms with Crippen LogP contribution in [0.15, 0.2) is 23.1 Å². The van der Waals surface area contributed by atoms with Crippen molar-refractivity contribution < 1.29 is 9.53 Å². The second-order valence-corrected chi connectivity index (χ2v) is 4.24. The van der Waals surface area contributed by atoms with Crippen LogP contribution in [-0.4, -0.2) is 13.1 Å². The second-order valence-electron chi connectivity index (χ2n) is 3.72. The average Bonchev–Trinajstić information content (AvgIpc) is 2.17. The van der Waals surface area contributed by atoms with E-state index in [1.54, 1.807) is 0 Å². The number of thiol groups is 1. The van der Waals surface area contributed by atoms with Crippen molar-refractivity contribution in [2.75, 3.05) is 7.11 Å². The number of carbonyl (C=O) groups is 1. The molecule has 1 unspecified atom stereocenters. The largest absolute Gasteiger partial charge is 0.469 e. The maximum atomic E-state index is 11.1. The quantitative estimate of drug-likeness (QED) is 0.631. The lowest BCUT2D eigenvalue weighted by atomic mass is 9.94. The van der Waals surface area contributed by atoms with Crippen LogP contribution in [0.5, 0.6) is 0 Å². The number of benzene rings is 1. The summed E-state index contributed by atoms with van der Waals surface area (Å²) in [5.41, 5.74) is 2.34. The van der Waals surface area contributed by atoms with Gasteiger partial charge in [0.2, 0.25) is 0 Å². The van der Waals surface area contributed by atoms with Gasteiger partial charge in [-0.05, 0) is 36.1 Å². The molecule has 0 aliphatic rings. The number of ether oxygens (including phenoxy) is 1. The first-order valence-electron chi connectivity index (χ1n) is 4.91. The van der Waals surface area contributed by atoms with Gasteiger partial charge in [-0.1, -0.05) is 13.0 Å². The summed E-state index contributed by atoms with van der Waals surface area (Å²) in [6, 6.07) is 5.97. The molecule has 15 heavy (non-hydrogen) atoms. The topological polar surface area (TPSA) is 26.3 Å². The number of aryl methyl sites for hydroxylation is 1. The normalized spacial score (nSPS) is 12.3. The van der Waals surface area contributed by atoms with E-state index in [0.29, 0.717) is 6.42 Å². The Morgan fingerprint density at radius 1 is 1.53 bits per heavy atom. The van der Waals surface area contributed by atoms with Crippen LogP contribution in [0.2, 0.25) is 0 Å². The minimum absolute atomic E-state index is 0.170. The van der Waals surface area contributed by atoms with Crippen LogP contribution in [-0.2, 0) is 9.53 Å². The van der Waals surface area contributed by atoms with E-state index in [2.05, 4.69) is 17.4 Å². The highest BCUT2D eigenvalue weighted by molar-refractivity contribution is 7.80. The standard InChI is InChI=1S/C12H16O2S/c1-8-6-10(15)4-5-11(8)9(2)7-12(13)14-3/h4-6,9,15H,7H2,1-3H3. The van der Waals surface area contributed by atoms with Crippen molar-refractivity contribution in [3.8, 4) is 0 Å². The van der Waals surface area contributed by atoms with Crippen LogP contribution in [0, 0.1) is 6.92 Å². The summed E-state index contributed by atoms with van der Waals surface area (Å²) in [6.07, 6.45) is 0.420. The number of esters is 1. The molecule has 0 bridgehead atoms. The molecule has 3 heteroatoms. The fraction of sp³-hybridized carbons (Fsp3) is 0.417. The van der Waals surface area contributed by atoms with Crippen LogP contribution in [0.4, 0.5) is 0 Å². The zero-order valence-corrected chi connectivity index (χ0v) is 10.2. The number of rotatable bonds is 3. The highest BCUT2D eigenvalue weighted by atomic mass is 32.1. The van der Waals surface area contributed by atoms with Crippen LogP contribution in [0.3, 0.4) is 0 Å². The number of methoxy groups -OCH3 is 1. The molecule has 0 radical (unpaired) electrons. The predicted molar refractivity (Wildman–Crippen MR) is 63.5 cm³/mol. The molecule has 0 heterocycles. The van der Waals surface area contributed by atoms with E-state index < -0.39 is 0 Å². The SMILES string of the molecule is COC(=O)CC(C)c1ccc(S)cc1C. The first kappa shape index (κ1) is 12.1. The van der Waals surface area contributed by atoms with Gasteiger partial charge in [-0.2, -0.15) is 0 Å². The van der Waals surface area contributed by atoms with Gasteiger partial charge in [-0.3, -0.25) is 4.79 Å². The molecule has 1 atom stereocenters. The monoisotopic (exact) mass is 224 g/mol. The highest BCUT2D eigenvalue weighted by Gasteiger charge is 2.13. The van der Waals surface area contributed by atoms with E-state index in [-0.39, 0.29) is 11.9 Å². The Bertz CT molecular complexity index is 361. The van der Waals surface area contributed by atoms with E-state index in [9.17, 15) is 4.79 Å². The fourth-order valence-electron chi connectivity index (χ4n) is 1.66. The van der Waals surface area contributed by atoms with Gasteiger partial charge in [-0.25, -0.2) is 0 Å². The molecule has 0 fully saturated rings. The molecule has 1 aromatic rings. The maximum Gasteiger partial charge on any atom is 0.306 e. The summed E-state index contributed by atoms with van der Waals surface area (Å²) in [7, 11) is 1.42. The van der Waals surface area contributed by atoms with Crippen LogP contribution < -0.4 is 0 Å². The summed E-state index contributed by atoms with van der Waals surface area (Å²) in [4.78, 5) is 12.1. The fourth-order valence-corrected chi connectivity index (χ4v) is 1.92. The molecule has 0 saturated heterocycles. The van der Waals surface area contributed by atoms with Gasteiger partial charge in [0.15, 0.2) is 0 Å². The van der Waals surface area contributed by atoms with Crippen molar-refractivity contribution in [3.05, 3.63) is 29.3 Å². The molecule has 0 N–H and O–H groups in total. The Labute approximate surface area is 96.1 Å². The lowest BCUT2D eigenvalue weighted by Gasteiger charge is -2.13. The summed E-state index contributed by atoms with van der Waals surface area (Å²) < 4.78 is 4.65. The zero-order chi connectivity index (χ0) is 11.4. The molecule has 0 saturated carbocycles. The molecular weight excluding hydrogens is 208 g/mol. The van der Waals surface area contributed by atoms with Crippen LogP contribution >= 0.6 is 12.6 Å². The van der Waals surface area contributed by atoms with Gasteiger partial charge in [0.1, 0.15) is 0 Å². The molecule has 0 aliphatic carbocycles. The molecular formula is C12H16O2S.